The minimum Gasteiger partial charge on any atom is -0.507 e. The summed E-state index contributed by atoms with van der Waals surface area (Å²) in [5, 5.41) is 12.5. The van der Waals surface area contributed by atoms with E-state index in [9.17, 15) is 9.90 Å². The molecule has 0 aliphatic carbocycles. The van der Waals surface area contributed by atoms with Crippen LogP contribution in [0.15, 0.2) is 36.4 Å². The van der Waals surface area contributed by atoms with Gasteiger partial charge in [-0.05, 0) is 43.7 Å². The molecule has 0 atom stereocenters. The minimum atomic E-state index is -0.352. The van der Waals surface area contributed by atoms with Gasteiger partial charge < -0.3 is 16.2 Å². The summed E-state index contributed by atoms with van der Waals surface area (Å²) in [7, 11) is 0. The molecule has 0 saturated carbocycles. The van der Waals surface area contributed by atoms with Crippen LogP contribution in [-0.4, -0.2) is 11.0 Å². The first-order valence-corrected chi connectivity index (χ1v) is 5.95. The van der Waals surface area contributed by atoms with Gasteiger partial charge in [0.05, 0.1) is 5.56 Å². The number of benzene rings is 2. The molecule has 2 rings (SSSR count). The summed E-state index contributed by atoms with van der Waals surface area (Å²) in [6.45, 7) is 3.70. The van der Waals surface area contributed by atoms with Gasteiger partial charge in [-0.3, -0.25) is 4.79 Å². The summed E-state index contributed by atoms with van der Waals surface area (Å²) in [6, 6.07) is 10.2. The predicted octanol–water partition coefficient (Wildman–Crippen LogP) is 2.84. The Morgan fingerprint density at radius 1 is 1.21 bits per heavy atom. The third-order valence-electron chi connectivity index (χ3n) is 3.02. The van der Waals surface area contributed by atoms with Gasteiger partial charge in [-0.25, -0.2) is 0 Å². The molecule has 98 valence electrons. The summed E-state index contributed by atoms with van der Waals surface area (Å²) in [5.74, 6) is -0.389. The highest BCUT2D eigenvalue weighted by molar-refractivity contribution is 6.06. The van der Waals surface area contributed by atoms with E-state index in [0.29, 0.717) is 11.4 Å². The molecular formula is C15H16N2O2. The highest BCUT2D eigenvalue weighted by Gasteiger charge is 2.12. The number of nitrogens with two attached hydrogens (primary N) is 1. The average molecular weight is 256 g/mol. The lowest BCUT2D eigenvalue weighted by molar-refractivity contribution is 0.102. The van der Waals surface area contributed by atoms with E-state index in [-0.39, 0.29) is 17.2 Å². The highest BCUT2D eigenvalue weighted by Crippen LogP contribution is 2.23. The number of aryl methyl sites for hydroxylation is 1. The number of aromatic hydroxyl groups is 1. The Morgan fingerprint density at radius 2 is 1.95 bits per heavy atom. The zero-order chi connectivity index (χ0) is 14.0. The number of carbonyl (C=O) groups is 1. The molecule has 0 unspecified atom stereocenters. The zero-order valence-electron chi connectivity index (χ0n) is 10.9. The van der Waals surface area contributed by atoms with E-state index in [1.54, 1.807) is 30.3 Å². The third kappa shape index (κ3) is 2.68. The van der Waals surface area contributed by atoms with Crippen molar-refractivity contribution < 1.29 is 9.90 Å². The van der Waals surface area contributed by atoms with Gasteiger partial charge in [-0.2, -0.15) is 0 Å². The van der Waals surface area contributed by atoms with E-state index in [0.717, 1.165) is 11.1 Å². The molecule has 0 fully saturated rings. The van der Waals surface area contributed by atoms with Gasteiger partial charge in [0, 0.05) is 11.4 Å². The molecular weight excluding hydrogens is 240 g/mol. The maximum Gasteiger partial charge on any atom is 0.259 e. The second-order valence-corrected chi connectivity index (χ2v) is 4.49. The Kier molecular flexibility index (Phi) is 3.42. The molecule has 19 heavy (non-hydrogen) atoms. The Labute approximate surface area is 111 Å². The first-order valence-electron chi connectivity index (χ1n) is 5.95. The van der Waals surface area contributed by atoms with E-state index in [1.165, 1.54) is 6.07 Å². The van der Waals surface area contributed by atoms with Crippen LogP contribution in [0, 0.1) is 13.8 Å². The zero-order valence-corrected chi connectivity index (χ0v) is 10.9. The number of nitrogen functional groups attached to an aromatic ring is 1. The lowest BCUT2D eigenvalue weighted by Crippen LogP contribution is -2.13. The van der Waals surface area contributed by atoms with Crippen molar-refractivity contribution in [3.8, 4) is 5.75 Å². The van der Waals surface area contributed by atoms with Crippen LogP contribution in [0.4, 0.5) is 11.4 Å². The van der Waals surface area contributed by atoms with Crippen LogP contribution >= 0.6 is 0 Å². The fourth-order valence-corrected chi connectivity index (χ4v) is 1.81. The van der Waals surface area contributed by atoms with Crippen molar-refractivity contribution in [2.75, 3.05) is 11.1 Å². The second-order valence-electron chi connectivity index (χ2n) is 4.49. The molecule has 0 radical (unpaired) electrons. The molecule has 1 amide bonds. The van der Waals surface area contributed by atoms with Crippen LogP contribution < -0.4 is 11.1 Å². The van der Waals surface area contributed by atoms with Crippen molar-refractivity contribution >= 4 is 17.3 Å². The number of anilines is 2. The van der Waals surface area contributed by atoms with Crippen LogP contribution in [0.2, 0.25) is 0 Å². The number of phenols is 1. The van der Waals surface area contributed by atoms with Crippen molar-refractivity contribution in [1.29, 1.82) is 0 Å². The van der Waals surface area contributed by atoms with Gasteiger partial charge in [-0.1, -0.05) is 17.7 Å². The summed E-state index contributed by atoms with van der Waals surface area (Å²) in [4.78, 5) is 12.1. The smallest absolute Gasteiger partial charge is 0.259 e. The quantitative estimate of drug-likeness (QED) is 0.723. The lowest BCUT2D eigenvalue weighted by Gasteiger charge is -2.11. The molecule has 0 aromatic heterocycles. The Balaban J connectivity index is 2.31. The molecule has 0 heterocycles. The van der Waals surface area contributed by atoms with E-state index in [4.69, 9.17) is 5.73 Å². The number of phenolic OH excluding ortho intramolecular Hbond substituents is 1. The normalized spacial score (nSPS) is 10.2. The van der Waals surface area contributed by atoms with Crippen molar-refractivity contribution in [1.82, 2.24) is 0 Å². The molecule has 4 N–H and O–H groups in total. The van der Waals surface area contributed by atoms with Gasteiger partial charge in [0.2, 0.25) is 0 Å². The van der Waals surface area contributed by atoms with Gasteiger partial charge in [0.25, 0.3) is 5.91 Å². The van der Waals surface area contributed by atoms with Crippen LogP contribution in [0.5, 0.6) is 5.75 Å². The van der Waals surface area contributed by atoms with Gasteiger partial charge in [0.1, 0.15) is 5.75 Å². The molecule has 4 heteroatoms. The largest absolute Gasteiger partial charge is 0.507 e. The number of hydrogen-bond acceptors (Lipinski definition) is 3. The first kappa shape index (κ1) is 13.0. The second kappa shape index (κ2) is 5.02. The van der Waals surface area contributed by atoms with E-state index >= 15 is 0 Å². The molecule has 2 aromatic rings. The molecule has 4 nitrogen and oxygen atoms in total. The van der Waals surface area contributed by atoms with Crippen molar-refractivity contribution in [3.63, 3.8) is 0 Å². The van der Waals surface area contributed by atoms with Gasteiger partial charge in [0.15, 0.2) is 0 Å². The number of nitrogens with one attached hydrogen (secondary N) is 1. The Morgan fingerprint density at radius 3 is 2.68 bits per heavy atom. The first-order chi connectivity index (χ1) is 8.99. The van der Waals surface area contributed by atoms with Crippen LogP contribution in [-0.2, 0) is 0 Å². The summed E-state index contributed by atoms with van der Waals surface area (Å²) >= 11 is 0. The fourth-order valence-electron chi connectivity index (χ4n) is 1.81. The predicted molar refractivity (Wildman–Crippen MR) is 76.4 cm³/mol. The summed E-state index contributed by atoms with van der Waals surface area (Å²) < 4.78 is 0. The number of amides is 1. The van der Waals surface area contributed by atoms with E-state index in [1.807, 2.05) is 13.8 Å². The molecule has 0 saturated heterocycles. The molecule has 0 bridgehead atoms. The monoisotopic (exact) mass is 256 g/mol. The average Bonchev–Trinajstić information content (AvgIpc) is 2.38. The minimum absolute atomic E-state index is 0.0374. The highest BCUT2D eigenvalue weighted by atomic mass is 16.3. The standard InChI is InChI=1S/C15H16N2O2/c1-9-6-7-14(18)11(8-9)15(19)17-13-5-3-4-12(16)10(13)2/h3-8,18H,16H2,1-2H3,(H,17,19). The molecule has 0 aliphatic heterocycles. The SMILES string of the molecule is Cc1ccc(O)c(C(=O)Nc2cccc(N)c2C)c1. The maximum atomic E-state index is 12.1. The lowest BCUT2D eigenvalue weighted by atomic mass is 10.1. The van der Waals surface area contributed by atoms with Gasteiger partial charge in [-0.15, -0.1) is 0 Å². The molecule has 0 aliphatic rings. The Hall–Kier alpha value is -2.49. The molecule has 2 aromatic carbocycles. The van der Waals surface area contributed by atoms with Gasteiger partial charge >= 0.3 is 0 Å². The number of rotatable bonds is 2. The van der Waals surface area contributed by atoms with Crippen molar-refractivity contribution in [3.05, 3.63) is 53.1 Å². The van der Waals surface area contributed by atoms with Crippen molar-refractivity contribution in [2.45, 2.75) is 13.8 Å². The van der Waals surface area contributed by atoms with E-state index < -0.39 is 0 Å². The number of carbonyl (C=O) groups excluding carboxylic acids is 1. The summed E-state index contributed by atoms with van der Waals surface area (Å²) in [6.07, 6.45) is 0. The van der Waals surface area contributed by atoms with Crippen molar-refractivity contribution in [2.24, 2.45) is 0 Å². The fraction of sp³-hybridized carbons (Fsp3) is 0.133. The topological polar surface area (TPSA) is 75.3 Å². The third-order valence-corrected chi connectivity index (χ3v) is 3.02. The van der Waals surface area contributed by atoms with Crippen LogP contribution in [0.3, 0.4) is 0 Å². The van der Waals surface area contributed by atoms with E-state index in [2.05, 4.69) is 5.32 Å². The summed E-state index contributed by atoms with van der Waals surface area (Å²) in [5.41, 5.74) is 9.02. The Bertz CT molecular complexity index is 636. The maximum absolute atomic E-state index is 12.1. The van der Waals surface area contributed by atoms with Crippen LogP contribution in [0.1, 0.15) is 21.5 Å². The molecule has 0 spiro atoms. The van der Waals surface area contributed by atoms with Crippen LogP contribution in [0.25, 0.3) is 0 Å². The number of hydrogen-bond donors (Lipinski definition) is 3.